The molecule has 1 aromatic rings. The van der Waals surface area contributed by atoms with Crippen LogP contribution in [-0.4, -0.2) is 38.0 Å². The number of carbonyl (C=O) groups excluding carboxylic acids is 2. The maximum absolute atomic E-state index is 12.1. The highest BCUT2D eigenvalue weighted by molar-refractivity contribution is 8.09. The van der Waals surface area contributed by atoms with Crippen LogP contribution in [0.1, 0.15) is 5.56 Å². The van der Waals surface area contributed by atoms with Gasteiger partial charge in [0.25, 0.3) is 15.9 Å². The van der Waals surface area contributed by atoms with E-state index in [0.717, 1.165) is 5.56 Å². The van der Waals surface area contributed by atoms with E-state index in [1.807, 2.05) is 0 Å². The molecule has 0 aliphatic carbocycles. The van der Waals surface area contributed by atoms with Crippen molar-refractivity contribution >= 4 is 31.0 Å². The lowest BCUT2D eigenvalue weighted by Crippen LogP contribution is -2.36. The third kappa shape index (κ3) is 2.15. The van der Waals surface area contributed by atoms with Crippen molar-refractivity contribution in [3.8, 4) is 0 Å². The third-order valence-corrected chi connectivity index (χ3v) is 5.71. The molecule has 0 spiro atoms. The van der Waals surface area contributed by atoms with Crippen LogP contribution in [0.25, 0.3) is 0 Å². The molecular formula is C10H9NO6S2. The minimum Gasteiger partial charge on any atom is -0.272 e. The molecule has 0 N–H and O–H groups in total. The first-order chi connectivity index (χ1) is 8.66. The van der Waals surface area contributed by atoms with Crippen molar-refractivity contribution in [1.29, 1.82) is 0 Å². The van der Waals surface area contributed by atoms with Gasteiger partial charge < -0.3 is 0 Å². The number of rotatable bonds is 2. The monoisotopic (exact) mass is 303 g/mol. The minimum absolute atomic E-state index is 0.188. The number of benzene rings is 1. The number of hydrogen-bond donors (Lipinski definition) is 0. The molecular weight excluding hydrogens is 294 g/mol. The van der Waals surface area contributed by atoms with Crippen molar-refractivity contribution in [3.63, 3.8) is 0 Å². The molecule has 0 bridgehead atoms. The van der Waals surface area contributed by atoms with Crippen molar-refractivity contribution in [1.82, 2.24) is 4.31 Å². The molecule has 0 radical (unpaired) electrons. The van der Waals surface area contributed by atoms with Crippen molar-refractivity contribution in [2.45, 2.75) is 11.8 Å². The quantitative estimate of drug-likeness (QED) is 0.765. The summed E-state index contributed by atoms with van der Waals surface area (Å²) in [4.78, 5) is 22.6. The van der Waals surface area contributed by atoms with E-state index in [0.29, 0.717) is 0 Å². The second-order valence-electron chi connectivity index (χ2n) is 4.00. The van der Waals surface area contributed by atoms with Gasteiger partial charge in [-0.05, 0) is 19.1 Å². The summed E-state index contributed by atoms with van der Waals surface area (Å²) >= 11 is 0. The predicted molar refractivity (Wildman–Crippen MR) is 64.4 cm³/mol. The average molecular weight is 303 g/mol. The number of amides is 2. The molecule has 0 aromatic heterocycles. The Labute approximate surface area is 109 Å². The van der Waals surface area contributed by atoms with Crippen molar-refractivity contribution < 1.29 is 26.4 Å². The Kier molecular flexibility index (Phi) is 2.98. The van der Waals surface area contributed by atoms with Gasteiger partial charge in [-0.2, -0.15) is 4.31 Å². The normalized spacial score (nSPS) is 18.9. The number of nitrogens with zero attached hydrogens (tertiary/aromatic N) is 1. The number of imide groups is 1. The number of sulfone groups is 1. The van der Waals surface area contributed by atoms with Crippen LogP contribution in [-0.2, 0) is 24.7 Å². The Balaban J connectivity index is 2.55. The molecule has 9 heteroatoms. The van der Waals surface area contributed by atoms with Crippen LogP contribution in [0.3, 0.4) is 0 Å². The van der Waals surface area contributed by atoms with E-state index in [4.69, 9.17) is 0 Å². The Morgan fingerprint density at radius 2 is 1.63 bits per heavy atom. The average Bonchev–Trinajstić information content (AvgIpc) is 2.48. The van der Waals surface area contributed by atoms with Gasteiger partial charge in [0.1, 0.15) is 5.75 Å². The lowest BCUT2D eigenvalue weighted by molar-refractivity contribution is -0.121. The fourth-order valence-corrected chi connectivity index (χ4v) is 4.43. The first-order valence-electron chi connectivity index (χ1n) is 5.08. The maximum Gasteiger partial charge on any atom is 0.360 e. The van der Waals surface area contributed by atoms with Gasteiger partial charge in [-0.1, -0.05) is 17.7 Å². The summed E-state index contributed by atoms with van der Waals surface area (Å²) in [6, 6.07) is 5.37. The molecule has 1 heterocycles. The van der Waals surface area contributed by atoms with E-state index in [2.05, 4.69) is 0 Å². The molecule has 0 atom stereocenters. The molecule has 1 fully saturated rings. The molecule has 102 valence electrons. The predicted octanol–water partition coefficient (Wildman–Crippen LogP) is 0.0607. The molecule has 1 aliphatic heterocycles. The molecule has 0 saturated carbocycles. The van der Waals surface area contributed by atoms with Crippen LogP contribution in [0.15, 0.2) is 29.2 Å². The molecule has 0 unspecified atom stereocenters. The topological polar surface area (TPSA) is 106 Å². The zero-order valence-electron chi connectivity index (χ0n) is 9.73. The summed E-state index contributed by atoms with van der Waals surface area (Å²) in [7, 11) is -8.83. The van der Waals surface area contributed by atoms with Crippen LogP contribution in [0.2, 0.25) is 0 Å². The first-order valence-corrected chi connectivity index (χ1v) is 8.17. The van der Waals surface area contributed by atoms with Gasteiger partial charge >= 0.3 is 5.24 Å². The van der Waals surface area contributed by atoms with E-state index >= 15 is 0 Å². The van der Waals surface area contributed by atoms with Gasteiger partial charge in [-0.15, -0.1) is 0 Å². The Morgan fingerprint density at radius 1 is 1.11 bits per heavy atom. The van der Waals surface area contributed by atoms with Gasteiger partial charge in [0.2, 0.25) is 9.84 Å². The Morgan fingerprint density at radius 3 is 2.05 bits per heavy atom. The van der Waals surface area contributed by atoms with Crippen LogP contribution in [0, 0.1) is 6.92 Å². The molecule has 19 heavy (non-hydrogen) atoms. The second kappa shape index (κ2) is 4.14. The lowest BCUT2D eigenvalue weighted by Gasteiger charge is -2.12. The summed E-state index contributed by atoms with van der Waals surface area (Å²) in [5.41, 5.74) is 0.783. The molecule has 2 rings (SSSR count). The fraction of sp³-hybridized carbons (Fsp3) is 0.200. The minimum atomic E-state index is -4.47. The zero-order valence-corrected chi connectivity index (χ0v) is 11.4. The SMILES string of the molecule is Cc1ccc(S(=O)(=O)N2C(=O)CS(=O)(=O)C2=O)cc1. The summed E-state index contributed by atoms with van der Waals surface area (Å²) in [5, 5.41) is -1.70. The van der Waals surface area contributed by atoms with Gasteiger partial charge in [0.05, 0.1) is 4.90 Å². The van der Waals surface area contributed by atoms with E-state index in [1.54, 1.807) is 6.92 Å². The smallest absolute Gasteiger partial charge is 0.272 e. The van der Waals surface area contributed by atoms with Crippen LogP contribution >= 0.6 is 0 Å². The molecule has 1 aliphatic rings. The highest BCUT2D eigenvalue weighted by Gasteiger charge is 2.50. The van der Waals surface area contributed by atoms with Gasteiger partial charge in [-0.25, -0.2) is 16.8 Å². The van der Waals surface area contributed by atoms with E-state index < -0.39 is 36.8 Å². The van der Waals surface area contributed by atoms with Crippen molar-refractivity contribution in [3.05, 3.63) is 29.8 Å². The second-order valence-corrected chi connectivity index (χ2v) is 7.66. The molecule has 1 aromatic carbocycles. The third-order valence-electron chi connectivity index (χ3n) is 2.53. The van der Waals surface area contributed by atoms with Gasteiger partial charge in [-0.3, -0.25) is 9.59 Å². The summed E-state index contributed by atoms with van der Waals surface area (Å²) in [6.07, 6.45) is 0. The lowest BCUT2D eigenvalue weighted by atomic mass is 10.2. The van der Waals surface area contributed by atoms with Crippen LogP contribution < -0.4 is 0 Å². The number of hydrogen-bond acceptors (Lipinski definition) is 6. The van der Waals surface area contributed by atoms with Crippen molar-refractivity contribution in [2.75, 3.05) is 5.75 Å². The van der Waals surface area contributed by atoms with Crippen LogP contribution in [0.4, 0.5) is 4.79 Å². The molecule has 1 saturated heterocycles. The van der Waals surface area contributed by atoms with E-state index in [-0.39, 0.29) is 9.20 Å². The molecule has 2 amide bonds. The largest absolute Gasteiger partial charge is 0.360 e. The number of aryl methyl sites for hydroxylation is 1. The Hall–Kier alpha value is -1.74. The summed E-state index contributed by atoms with van der Waals surface area (Å²) < 4.78 is 46.4. The van der Waals surface area contributed by atoms with Crippen LogP contribution in [0.5, 0.6) is 0 Å². The zero-order chi connectivity index (χ0) is 14.4. The Bertz CT molecular complexity index is 761. The highest BCUT2D eigenvalue weighted by Crippen LogP contribution is 2.23. The first kappa shape index (κ1) is 13.7. The maximum atomic E-state index is 12.1. The highest BCUT2D eigenvalue weighted by atomic mass is 32.2. The summed E-state index contributed by atoms with van der Waals surface area (Å²) in [5.74, 6) is -2.37. The number of carbonyl (C=O) groups is 2. The number of sulfonamides is 1. The summed E-state index contributed by atoms with van der Waals surface area (Å²) in [6.45, 7) is 1.73. The van der Waals surface area contributed by atoms with E-state index in [1.165, 1.54) is 24.3 Å². The van der Waals surface area contributed by atoms with Crippen molar-refractivity contribution in [2.24, 2.45) is 0 Å². The molecule has 7 nitrogen and oxygen atoms in total. The van der Waals surface area contributed by atoms with Gasteiger partial charge in [0, 0.05) is 0 Å². The van der Waals surface area contributed by atoms with E-state index in [9.17, 15) is 26.4 Å². The van der Waals surface area contributed by atoms with Gasteiger partial charge in [0.15, 0.2) is 0 Å². The fourth-order valence-electron chi connectivity index (χ4n) is 1.56. The standard InChI is InChI=1S/C10H9NO6S2/c1-7-2-4-8(5-3-7)19(16,17)11-9(12)6-18(14,15)10(11)13/h2-5H,6H2,1H3.